The van der Waals surface area contributed by atoms with Crippen molar-refractivity contribution in [2.24, 2.45) is 11.5 Å². The van der Waals surface area contributed by atoms with Crippen molar-refractivity contribution in [3.63, 3.8) is 0 Å². The van der Waals surface area contributed by atoms with Crippen LogP contribution in [0.2, 0.25) is 0 Å². The summed E-state index contributed by atoms with van der Waals surface area (Å²) in [6.07, 6.45) is 0.684. The summed E-state index contributed by atoms with van der Waals surface area (Å²) in [5, 5.41) is 23.9. The largest absolute Gasteiger partial charge is 0.481 e. The number of carbonyl (C=O) groups excluding carboxylic acids is 3. The summed E-state index contributed by atoms with van der Waals surface area (Å²) in [6.45, 7) is 0. The Balaban J connectivity index is 2.11. The molecule has 2 rings (SSSR count). The molecule has 33 heavy (non-hydrogen) atoms. The van der Waals surface area contributed by atoms with E-state index in [0.717, 1.165) is 10.9 Å². The number of aliphatic carboxylic acids is 2. The van der Waals surface area contributed by atoms with Crippen LogP contribution in [0.15, 0.2) is 30.5 Å². The molecular weight excluding hydrogens is 434 g/mol. The molecular formula is C21H27N5O7. The van der Waals surface area contributed by atoms with Crippen molar-refractivity contribution in [2.45, 2.75) is 50.2 Å². The molecule has 1 heterocycles. The number of hydrogen-bond acceptors (Lipinski definition) is 6. The Morgan fingerprint density at radius 2 is 1.61 bits per heavy atom. The van der Waals surface area contributed by atoms with Crippen LogP contribution in [0.3, 0.4) is 0 Å². The van der Waals surface area contributed by atoms with Gasteiger partial charge in [-0.1, -0.05) is 18.2 Å². The van der Waals surface area contributed by atoms with Crippen LogP contribution in [0.4, 0.5) is 0 Å². The fourth-order valence-electron chi connectivity index (χ4n) is 3.24. The molecule has 0 fully saturated rings. The van der Waals surface area contributed by atoms with Crippen molar-refractivity contribution < 1.29 is 34.2 Å². The van der Waals surface area contributed by atoms with E-state index in [4.69, 9.17) is 16.6 Å². The number of amides is 3. The standard InChI is InChI=1S/C21H27N5O7/c22-13(5-8-18(28)29)19(30)25-15(6-7-17(23)27)20(31)26-16(21(32)33)9-11-10-24-14-4-2-1-3-12(11)14/h1-4,10,13,15-16,24H,5-9,22H2,(H2,23,27)(H,25,30)(H,26,31)(H,28,29)(H,32,33)/t13-,15-,16-/m0/s1. The van der Waals surface area contributed by atoms with Gasteiger partial charge in [0, 0.05) is 36.4 Å². The number of H-pyrrole nitrogens is 1. The second-order valence-electron chi connectivity index (χ2n) is 7.57. The molecule has 1 aromatic carbocycles. The van der Waals surface area contributed by atoms with Gasteiger partial charge < -0.3 is 37.3 Å². The Morgan fingerprint density at radius 1 is 0.939 bits per heavy atom. The van der Waals surface area contributed by atoms with Crippen LogP contribution in [0, 0.1) is 0 Å². The van der Waals surface area contributed by atoms with Crippen LogP contribution in [0.5, 0.6) is 0 Å². The van der Waals surface area contributed by atoms with Crippen LogP contribution in [-0.2, 0) is 30.4 Å². The summed E-state index contributed by atoms with van der Waals surface area (Å²) in [4.78, 5) is 61.8. The predicted molar refractivity (Wildman–Crippen MR) is 117 cm³/mol. The Morgan fingerprint density at radius 3 is 2.24 bits per heavy atom. The van der Waals surface area contributed by atoms with Crippen molar-refractivity contribution in [3.05, 3.63) is 36.0 Å². The zero-order valence-corrected chi connectivity index (χ0v) is 17.7. The van der Waals surface area contributed by atoms with E-state index in [0.29, 0.717) is 5.56 Å². The Hall–Kier alpha value is -3.93. The molecule has 0 aliphatic carbocycles. The number of fused-ring (bicyclic) bond motifs is 1. The lowest BCUT2D eigenvalue weighted by atomic mass is 10.0. The number of nitrogens with one attached hydrogen (secondary N) is 3. The van der Waals surface area contributed by atoms with Crippen molar-refractivity contribution in [1.29, 1.82) is 0 Å². The van der Waals surface area contributed by atoms with Gasteiger partial charge in [-0.15, -0.1) is 0 Å². The number of nitrogens with two attached hydrogens (primary N) is 2. The minimum absolute atomic E-state index is 0.0281. The Labute approximate surface area is 188 Å². The molecule has 3 atom stereocenters. The van der Waals surface area contributed by atoms with E-state index in [1.807, 2.05) is 18.2 Å². The van der Waals surface area contributed by atoms with Crippen molar-refractivity contribution in [3.8, 4) is 0 Å². The number of primary amides is 1. The van der Waals surface area contributed by atoms with E-state index in [2.05, 4.69) is 15.6 Å². The molecule has 3 amide bonds. The maximum atomic E-state index is 12.8. The Kier molecular flexibility index (Phi) is 8.92. The number of carboxylic acid groups (broad SMARTS) is 2. The minimum Gasteiger partial charge on any atom is -0.481 e. The quantitative estimate of drug-likeness (QED) is 0.200. The third-order valence-corrected chi connectivity index (χ3v) is 5.03. The molecule has 178 valence electrons. The fraction of sp³-hybridized carbons (Fsp3) is 0.381. The molecule has 12 heteroatoms. The normalized spacial score (nSPS) is 13.6. The highest BCUT2D eigenvalue weighted by atomic mass is 16.4. The Bertz CT molecular complexity index is 1030. The van der Waals surface area contributed by atoms with E-state index < -0.39 is 47.8 Å². The fourth-order valence-corrected chi connectivity index (χ4v) is 3.24. The zero-order valence-electron chi connectivity index (χ0n) is 17.7. The van der Waals surface area contributed by atoms with Gasteiger partial charge in [0.15, 0.2) is 0 Å². The molecule has 9 N–H and O–H groups in total. The van der Waals surface area contributed by atoms with Gasteiger partial charge in [-0.3, -0.25) is 19.2 Å². The van der Waals surface area contributed by atoms with Crippen molar-refractivity contribution in [2.75, 3.05) is 0 Å². The summed E-state index contributed by atoms with van der Waals surface area (Å²) in [6, 6.07) is 3.47. The van der Waals surface area contributed by atoms with E-state index >= 15 is 0 Å². The smallest absolute Gasteiger partial charge is 0.326 e. The second-order valence-corrected chi connectivity index (χ2v) is 7.57. The number of rotatable bonds is 13. The molecule has 2 aromatic rings. The van der Waals surface area contributed by atoms with Crippen LogP contribution >= 0.6 is 0 Å². The summed E-state index contributed by atoms with van der Waals surface area (Å²) < 4.78 is 0. The summed E-state index contributed by atoms with van der Waals surface area (Å²) in [5.74, 6) is -4.77. The molecule has 0 saturated carbocycles. The lowest BCUT2D eigenvalue weighted by Gasteiger charge is -2.22. The highest BCUT2D eigenvalue weighted by molar-refractivity contribution is 5.92. The van der Waals surface area contributed by atoms with E-state index in [9.17, 15) is 29.1 Å². The van der Waals surface area contributed by atoms with Gasteiger partial charge in [0.05, 0.1) is 6.04 Å². The van der Waals surface area contributed by atoms with Gasteiger partial charge in [-0.2, -0.15) is 0 Å². The number of benzene rings is 1. The third-order valence-electron chi connectivity index (χ3n) is 5.03. The van der Waals surface area contributed by atoms with Crippen LogP contribution in [0.25, 0.3) is 10.9 Å². The number of para-hydroxylation sites is 1. The molecule has 0 saturated heterocycles. The number of aromatic amines is 1. The monoisotopic (exact) mass is 461 g/mol. The highest BCUT2D eigenvalue weighted by Gasteiger charge is 2.29. The molecule has 0 aliphatic heterocycles. The van der Waals surface area contributed by atoms with Gasteiger partial charge in [-0.05, 0) is 24.5 Å². The summed E-state index contributed by atoms with van der Waals surface area (Å²) in [5.41, 5.74) is 12.3. The first-order valence-electron chi connectivity index (χ1n) is 10.2. The SMILES string of the molecule is NC(=O)CC[C@H](NC(=O)[C@@H](N)CCC(=O)O)C(=O)N[C@@H](Cc1c[nH]c2ccccc12)C(=O)O. The topological polar surface area (TPSA) is 218 Å². The number of hydrogen-bond donors (Lipinski definition) is 7. The van der Waals surface area contributed by atoms with E-state index in [-0.39, 0.29) is 32.1 Å². The lowest BCUT2D eigenvalue weighted by molar-refractivity contribution is -0.142. The minimum atomic E-state index is -1.31. The number of carboxylic acids is 2. The maximum absolute atomic E-state index is 12.8. The van der Waals surface area contributed by atoms with Gasteiger partial charge in [-0.25, -0.2) is 4.79 Å². The zero-order chi connectivity index (χ0) is 24.5. The average Bonchev–Trinajstić information content (AvgIpc) is 3.16. The van der Waals surface area contributed by atoms with Crippen LogP contribution < -0.4 is 22.1 Å². The molecule has 0 spiro atoms. The van der Waals surface area contributed by atoms with Crippen molar-refractivity contribution in [1.82, 2.24) is 15.6 Å². The second kappa shape index (κ2) is 11.6. The molecule has 0 aliphatic rings. The maximum Gasteiger partial charge on any atom is 0.326 e. The molecule has 0 radical (unpaired) electrons. The first-order chi connectivity index (χ1) is 15.6. The van der Waals surface area contributed by atoms with Crippen molar-refractivity contribution >= 4 is 40.6 Å². The molecule has 0 unspecified atom stereocenters. The van der Waals surface area contributed by atoms with Crippen LogP contribution in [0.1, 0.15) is 31.2 Å². The van der Waals surface area contributed by atoms with Gasteiger partial charge in [0.25, 0.3) is 0 Å². The summed E-state index contributed by atoms with van der Waals surface area (Å²) >= 11 is 0. The molecule has 12 nitrogen and oxygen atoms in total. The first-order valence-corrected chi connectivity index (χ1v) is 10.2. The van der Waals surface area contributed by atoms with Gasteiger partial charge in [0.2, 0.25) is 17.7 Å². The molecule has 0 bridgehead atoms. The third kappa shape index (κ3) is 7.61. The average molecular weight is 461 g/mol. The van der Waals surface area contributed by atoms with Gasteiger partial charge >= 0.3 is 11.9 Å². The van der Waals surface area contributed by atoms with E-state index in [1.54, 1.807) is 12.3 Å². The highest BCUT2D eigenvalue weighted by Crippen LogP contribution is 2.19. The van der Waals surface area contributed by atoms with Crippen LogP contribution in [-0.4, -0.2) is 63.0 Å². The summed E-state index contributed by atoms with van der Waals surface area (Å²) in [7, 11) is 0. The number of aromatic nitrogens is 1. The first kappa shape index (κ1) is 25.3. The number of carbonyl (C=O) groups is 5. The van der Waals surface area contributed by atoms with E-state index in [1.165, 1.54) is 0 Å². The molecule has 1 aromatic heterocycles. The lowest BCUT2D eigenvalue weighted by Crippen LogP contribution is -2.55. The van der Waals surface area contributed by atoms with Gasteiger partial charge in [0.1, 0.15) is 12.1 Å². The predicted octanol–water partition coefficient (Wildman–Crippen LogP) is -0.778.